The molecule has 1 saturated heterocycles. The molecule has 1 aliphatic rings. The van der Waals surface area contributed by atoms with Gasteiger partial charge in [0.2, 0.25) is 21.8 Å². The van der Waals surface area contributed by atoms with Crippen molar-refractivity contribution in [1.29, 1.82) is 0 Å². The van der Waals surface area contributed by atoms with Crippen molar-refractivity contribution < 1.29 is 18.0 Å². The third-order valence-electron chi connectivity index (χ3n) is 4.53. The standard InChI is InChI=1S/C17H25N3O4S/c1-12-5-6-15(11-16(12)25(23,24)19(3)4)18-17(22)14-7-9-20(10-8-14)13(2)21/h5-6,11,14H,7-10H2,1-4H3,(H,18,22). The third kappa shape index (κ3) is 4.38. The highest BCUT2D eigenvalue weighted by atomic mass is 32.2. The summed E-state index contributed by atoms with van der Waals surface area (Å²) in [5.41, 5.74) is 1.09. The molecule has 7 nitrogen and oxygen atoms in total. The van der Waals surface area contributed by atoms with Crippen LogP contribution < -0.4 is 5.32 Å². The zero-order chi connectivity index (χ0) is 18.8. The van der Waals surface area contributed by atoms with Crippen LogP contribution in [0.4, 0.5) is 5.69 Å². The number of amides is 2. The lowest BCUT2D eigenvalue weighted by molar-refractivity contribution is -0.132. The van der Waals surface area contributed by atoms with Crippen LogP contribution in [0.5, 0.6) is 0 Å². The number of hydrogen-bond acceptors (Lipinski definition) is 4. The first-order chi connectivity index (χ1) is 11.6. The number of carbonyl (C=O) groups excluding carboxylic acids is 2. The maximum absolute atomic E-state index is 12.4. The van der Waals surface area contributed by atoms with Crippen molar-refractivity contribution in [3.05, 3.63) is 23.8 Å². The van der Waals surface area contributed by atoms with Crippen molar-refractivity contribution in [2.45, 2.75) is 31.6 Å². The lowest BCUT2D eigenvalue weighted by Gasteiger charge is -2.30. The van der Waals surface area contributed by atoms with Crippen molar-refractivity contribution >= 4 is 27.5 Å². The summed E-state index contributed by atoms with van der Waals surface area (Å²) in [5.74, 6) is -0.290. The summed E-state index contributed by atoms with van der Waals surface area (Å²) in [6.45, 7) is 4.39. The van der Waals surface area contributed by atoms with E-state index in [1.54, 1.807) is 24.0 Å². The number of anilines is 1. The molecule has 0 radical (unpaired) electrons. The minimum Gasteiger partial charge on any atom is -0.343 e. The van der Waals surface area contributed by atoms with Gasteiger partial charge in [0.25, 0.3) is 0 Å². The van der Waals surface area contributed by atoms with E-state index in [-0.39, 0.29) is 22.6 Å². The number of nitrogens with one attached hydrogen (secondary N) is 1. The molecule has 0 aromatic heterocycles. The van der Waals surface area contributed by atoms with Crippen LogP contribution in [0, 0.1) is 12.8 Å². The number of aryl methyl sites for hydroxylation is 1. The maximum Gasteiger partial charge on any atom is 0.242 e. The number of sulfonamides is 1. The maximum atomic E-state index is 12.4. The van der Waals surface area contributed by atoms with E-state index < -0.39 is 10.0 Å². The highest BCUT2D eigenvalue weighted by molar-refractivity contribution is 7.89. The predicted molar refractivity (Wildman–Crippen MR) is 95.7 cm³/mol. The van der Waals surface area contributed by atoms with E-state index in [0.717, 1.165) is 4.31 Å². The van der Waals surface area contributed by atoms with E-state index in [2.05, 4.69) is 5.32 Å². The monoisotopic (exact) mass is 367 g/mol. The van der Waals surface area contributed by atoms with Gasteiger partial charge in [0.05, 0.1) is 4.90 Å². The third-order valence-corrected chi connectivity index (χ3v) is 6.48. The molecule has 8 heteroatoms. The predicted octanol–water partition coefficient (Wildman–Crippen LogP) is 1.44. The summed E-state index contributed by atoms with van der Waals surface area (Å²) in [5, 5.41) is 2.81. The molecular formula is C17H25N3O4S. The van der Waals surface area contributed by atoms with Crippen molar-refractivity contribution in [2.75, 3.05) is 32.5 Å². The molecule has 2 rings (SSSR count). The molecule has 1 aromatic rings. The van der Waals surface area contributed by atoms with Gasteiger partial charge in [-0.2, -0.15) is 0 Å². The van der Waals surface area contributed by atoms with Crippen molar-refractivity contribution in [3.8, 4) is 0 Å². The van der Waals surface area contributed by atoms with Crippen LogP contribution in [0.3, 0.4) is 0 Å². The second kappa shape index (κ2) is 7.53. The molecule has 1 aliphatic heterocycles. The molecule has 0 atom stereocenters. The highest BCUT2D eigenvalue weighted by Crippen LogP contribution is 2.24. The number of rotatable bonds is 4. The first-order valence-corrected chi connectivity index (χ1v) is 9.66. The van der Waals surface area contributed by atoms with Gasteiger partial charge in [-0.05, 0) is 37.5 Å². The van der Waals surface area contributed by atoms with E-state index in [9.17, 15) is 18.0 Å². The van der Waals surface area contributed by atoms with E-state index in [4.69, 9.17) is 0 Å². The largest absolute Gasteiger partial charge is 0.343 e. The molecule has 1 N–H and O–H groups in total. The molecule has 2 amide bonds. The molecule has 1 fully saturated rings. The van der Waals surface area contributed by atoms with Gasteiger partial charge in [-0.15, -0.1) is 0 Å². The summed E-state index contributed by atoms with van der Waals surface area (Å²) in [6.07, 6.45) is 1.22. The second-order valence-corrected chi connectivity index (χ2v) is 8.66. The number of carbonyl (C=O) groups is 2. The van der Waals surface area contributed by atoms with E-state index >= 15 is 0 Å². The van der Waals surface area contributed by atoms with Crippen molar-refractivity contribution in [1.82, 2.24) is 9.21 Å². The zero-order valence-electron chi connectivity index (χ0n) is 15.1. The fraction of sp³-hybridized carbons (Fsp3) is 0.529. The first-order valence-electron chi connectivity index (χ1n) is 8.22. The van der Waals surface area contributed by atoms with Crippen LogP contribution in [-0.4, -0.2) is 56.6 Å². The molecule has 25 heavy (non-hydrogen) atoms. The second-order valence-electron chi connectivity index (χ2n) is 6.54. The Morgan fingerprint density at radius 3 is 2.32 bits per heavy atom. The topological polar surface area (TPSA) is 86.8 Å². The normalized spacial score (nSPS) is 16.1. The highest BCUT2D eigenvalue weighted by Gasteiger charge is 2.26. The number of likely N-dealkylation sites (tertiary alicyclic amines) is 1. The lowest BCUT2D eigenvalue weighted by atomic mass is 9.96. The van der Waals surface area contributed by atoms with Gasteiger partial charge in [0.1, 0.15) is 0 Å². The van der Waals surface area contributed by atoms with Gasteiger partial charge in [0, 0.05) is 45.7 Å². The summed E-state index contributed by atoms with van der Waals surface area (Å²) >= 11 is 0. The van der Waals surface area contributed by atoms with E-state index in [1.807, 2.05) is 0 Å². The smallest absolute Gasteiger partial charge is 0.242 e. The Bertz CT molecular complexity index is 766. The fourth-order valence-electron chi connectivity index (χ4n) is 2.85. The number of nitrogens with zero attached hydrogens (tertiary/aromatic N) is 2. The Kier molecular flexibility index (Phi) is 5.84. The van der Waals surface area contributed by atoms with Crippen LogP contribution in [0.1, 0.15) is 25.3 Å². The lowest BCUT2D eigenvalue weighted by Crippen LogP contribution is -2.40. The van der Waals surface area contributed by atoms with Crippen LogP contribution in [0.25, 0.3) is 0 Å². The molecule has 0 unspecified atom stereocenters. The van der Waals surface area contributed by atoms with E-state index in [1.165, 1.54) is 27.1 Å². The fourth-order valence-corrected chi connectivity index (χ4v) is 4.00. The van der Waals surface area contributed by atoms with Crippen LogP contribution in [0.2, 0.25) is 0 Å². The molecule has 0 saturated carbocycles. The van der Waals surface area contributed by atoms with Gasteiger partial charge in [-0.3, -0.25) is 9.59 Å². The Morgan fingerprint density at radius 1 is 1.20 bits per heavy atom. The number of hydrogen-bond donors (Lipinski definition) is 1. The molecule has 0 bridgehead atoms. The van der Waals surface area contributed by atoms with Crippen molar-refractivity contribution in [3.63, 3.8) is 0 Å². The van der Waals surface area contributed by atoms with Crippen LogP contribution in [-0.2, 0) is 19.6 Å². The number of piperidine rings is 1. The molecule has 1 heterocycles. The van der Waals surface area contributed by atoms with E-state index in [0.29, 0.717) is 37.2 Å². The SMILES string of the molecule is CC(=O)N1CCC(C(=O)Nc2ccc(C)c(S(=O)(=O)N(C)C)c2)CC1. The first kappa shape index (κ1) is 19.4. The molecule has 0 spiro atoms. The molecule has 1 aromatic carbocycles. The van der Waals surface area contributed by atoms with Gasteiger partial charge in [-0.1, -0.05) is 6.07 Å². The van der Waals surface area contributed by atoms with Crippen LogP contribution >= 0.6 is 0 Å². The summed E-state index contributed by atoms with van der Waals surface area (Å²) < 4.78 is 25.9. The molecular weight excluding hydrogens is 342 g/mol. The van der Waals surface area contributed by atoms with Gasteiger partial charge >= 0.3 is 0 Å². The van der Waals surface area contributed by atoms with Gasteiger partial charge < -0.3 is 10.2 Å². The van der Waals surface area contributed by atoms with Crippen LogP contribution in [0.15, 0.2) is 23.1 Å². The Morgan fingerprint density at radius 2 is 1.80 bits per heavy atom. The average Bonchev–Trinajstić information content (AvgIpc) is 2.56. The molecule has 138 valence electrons. The Balaban J connectivity index is 2.11. The summed E-state index contributed by atoms with van der Waals surface area (Å²) in [6, 6.07) is 4.88. The zero-order valence-corrected chi connectivity index (χ0v) is 15.9. The Labute approximate surface area is 149 Å². The average molecular weight is 367 g/mol. The van der Waals surface area contributed by atoms with Crippen molar-refractivity contribution in [2.24, 2.45) is 5.92 Å². The summed E-state index contributed by atoms with van der Waals surface area (Å²) in [7, 11) is -0.620. The summed E-state index contributed by atoms with van der Waals surface area (Å²) in [4.78, 5) is 25.7. The minimum absolute atomic E-state index is 0.0240. The van der Waals surface area contributed by atoms with Gasteiger partial charge in [-0.25, -0.2) is 12.7 Å². The van der Waals surface area contributed by atoms with Gasteiger partial charge in [0.15, 0.2) is 0 Å². The molecule has 0 aliphatic carbocycles. The Hall–Kier alpha value is -1.93. The minimum atomic E-state index is -3.57. The number of benzene rings is 1. The quantitative estimate of drug-likeness (QED) is 0.872.